The molecule has 0 aliphatic carbocycles. The van der Waals surface area contributed by atoms with Gasteiger partial charge in [-0.2, -0.15) is 0 Å². The average molecular weight is 266 g/mol. The van der Waals surface area contributed by atoms with Crippen molar-refractivity contribution in [2.45, 2.75) is 6.92 Å². The summed E-state index contributed by atoms with van der Waals surface area (Å²) in [7, 11) is 0. The third kappa shape index (κ3) is 2.15. The van der Waals surface area contributed by atoms with Gasteiger partial charge in [-0.25, -0.2) is 4.79 Å². The Morgan fingerprint density at radius 2 is 2.00 bits per heavy atom. The number of halogens is 1. The topological polar surface area (TPSA) is 38.7 Å². The fourth-order valence-corrected chi connectivity index (χ4v) is 1.51. The molecule has 0 spiro atoms. The van der Waals surface area contributed by atoms with Gasteiger partial charge in [0.1, 0.15) is 0 Å². The Morgan fingerprint density at radius 1 is 1.33 bits per heavy atom. The van der Waals surface area contributed by atoms with Gasteiger partial charge in [0.15, 0.2) is 0 Å². The maximum absolute atomic E-state index is 11.2. The van der Waals surface area contributed by atoms with E-state index in [1.807, 2.05) is 24.3 Å². The van der Waals surface area contributed by atoms with Crippen LogP contribution >= 0.6 is 15.9 Å². The van der Waals surface area contributed by atoms with E-state index in [1.54, 1.807) is 13.0 Å². The lowest BCUT2D eigenvalue weighted by Gasteiger charge is -1.95. The number of carbonyl (C=O) groups excluding carboxylic acids is 1. The lowest BCUT2D eigenvalue weighted by Crippen LogP contribution is -2.01. The minimum Gasteiger partial charge on any atom is -0.312 e. The summed E-state index contributed by atoms with van der Waals surface area (Å²) >= 11 is 3.35. The molecule has 2 rings (SSSR count). The minimum atomic E-state index is -0.393. The lowest BCUT2D eigenvalue weighted by atomic mass is 10.1. The van der Waals surface area contributed by atoms with Crippen LogP contribution < -0.4 is 0 Å². The monoisotopic (exact) mass is 265 g/mol. The number of nitrogens with zero attached hydrogens (tertiary/aromatic N) is 1. The molecule has 0 saturated carbocycles. The summed E-state index contributed by atoms with van der Waals surface area (Å²) in [6, 6.07) is 7.66. The third-order valence-electron chi connectivity index (χ3n) is 2.06. The number of hydrogen-bond acceptors (Lipinski definition) is 3. The Bertz CT molecular complexity index is 460. The van der Waals surface area contributed by atoms with Crippen LogP contribution in [0.1, 0.15) is 12.5 Å². The second kappa shape index (κ2) is 3.98. The van der Waals surface area contributed by atoms with Crippen LogP contribution in [-0.2, 0) is 9.63 Å². The van der Waals surface area contributed by atoms with Crippen molar-refractivity contribution in [1.82, 2.24) is 0 Å². The maximum Gasteiger partial charge on any atom is 0.367 e. The SMILES string of the molecule is CC1=NOC(=O)/C1=C\c1ccc(Br)cc1. The van der Waals surface area contributed by atoms with Crippen LogP contribution in [-0.4, -0.2) is 11.7 Å². The average Bonchev–Trinajstić information content (AvgIpc) is 2.53. The fraction of sp³-hybridized carbons (Fsp3) is 0.0909. The van der Waals surface area contributed by atoms with Crippen LogP contribution in [0.3, 0.4) is 0 Å². The highest BCUT2D eigenvalue weighted by molar-refractivity contribution is 9.10. The maximum atomic E-state index is 11.2. The van der Waals surface area contributed by atoms with Crippen molar-refractivity contribution in [2.24, 2.45) is 5.16 Å². The largest absolute Gasteiger partial charge is 0.367 e. The highest BCUT2D eigenvalue weighted by atomic mass is 79.9. The van der Waals surface area contributed by atoms with Gasteiger partial charge < -0.3 is 4.84 Å². The quantitative estimate of drug-likeness (QED) is 0.579. The number of rotatable bonds is 1. The predicted molar refractivity (Wildman–Crippen MR) is 61.3 cm³/mol. The van der Waals surface area contributed by atoms with Gasteiger partial charge in [0.25, 0.3) is 0 Å². The van der Waals surface area contributed by atoms with E-state index in [9.17, 15) is 4.79 Å². The Kier molecular flexibility index (Phi) is 2.68. The van der Waals surface area contributed by atoms with Gasteiger partial charge in [0.2, 0.25) is 0 Å². The van der Waals surface area contributed by atoms with Crippen LogP contribution in [0.4, 0.5) is 0 Å². The van der Waals surface area contributed by atoms with Crippen molar-refractivity contribution in [3.8, 4) is 0 Å². The molecule has 0 fully saturated rings. The van der Waals surface area contributed by atoms with Gasteiger partial charge in [-0.1, -0.05) is 33.2 Å². The zero-order valence-corrected chi connectivity index (χ0v) is 9.61. The summed E-state index contributed by atoms with van der Waals surface area (Å²) in [5.41, 5.74) is 2.07. The summed E-state index contributed by atoms with van der Waals surface area (Å²) in [5.74, 6) is -0.393. The van der Waals surface area contributed by atoms with Crippen molar-refractivity contribution in [1.29, 1.82) is 0 Å². The lowest BCUT2D eigenvalue weighted by molar-refractivity contribution is -0.136. The van der Waals surface area contributed by atoms with Gasteiger partial charge in [0, 0.05) is 4.47 Å². The molecule has 1 aliphatic heterocycles. The van der Waals surface area contributed by atoms with E-state index in [4.69, 9.17) is 0 Å². The molecular weight excluding hydrogens is 258 g/mol. The summed E-state index contributed by atoms with van der Waals surface area (Å²) in [6.07, 6.45) is 1.76. The van der Waals surface area contributed by atoms with Gasteiger partial charge in [-0.05, 0) is 30.7 Å². The molecule has 0 radical (unpaired) electrons. The third-order valence-corrected chi connectivity index (χ3v) is 2.58. The molecule has 0 N–H and O–H groups in total. The highest BCUT2D eigenvalue weighted by Crippen LogP contribution is 2.17. The zero-order chi connectivity index (χ0) is 10.8. The molecule has 0 amide bonds. The van der Waals surface area contributed by atoms with Crippen molar-refractivity contribution in [3.63, 3.8) is 0 Å². The van der Waals surface area contributed by atoms with Crippen LogP contribution in [0.25, 0.3) is 6.08 Å². The van der Waals surface area contributed by atoms with Crippen molar-refractivity contribution >= 4 is 33.7 Å². The van der Waals surface area contributed by atoms with E-state index in [0.717, 1.165) is 10.0 Å². The Labute approximate surface area is 95.6 Å². The van der Waals surface area contributed by atoms with E-state index in [0.29, 0.717) is 11.3 Å². The molecule has 0 saturated heterocycles. The second-order valence-electron chi connectivity index (χ2n) is 3.17. The molecule has 4 heteroatoms. The smallest absolute Gasteiger partial charge is 0.312 e. The first-order valence-corrected chi connectivity index (χ1v) is 5.20. The molecule has 0 unspecified atom stereocenters. The van der Waals surface area contributed by atoms with E-state index in [-0.39, 0.29) is 0 Å². The normalized spacial score (nSPS) is 17.9. The molecule has 0 aromatic heterocycles. The number of oxime groups is 1. The van der Waals surface area contributed by atoms with Crippen molar-refractivity contribution in [2.75, 3.05) is 0 Å². The van der Waals surface area contributed by atoms with E-state index >= 15 is 0 Å². The molecule has 1 aromatic rings. The first-order chi connectivity index (χ1) is 7.16. The summed E-state index contributed by atoms with van der Waals surface area (Å²) in [6.45, 7) is 1.75. The van der Waals surface area contributed by atoms with Gasteiger partial charge in [-0.3, -0.25) is 0 Å². The van der Waals surface area contributed by atoms with Gasteiger partial charge >= 0.3 is 5.97 Å². The first kappa shape index (κ1) is 10.1. The molecular formula is C11H8BrNO2. The predicted octanol–water partition coefficient (Wildman–Crippen LogP) is 2.77. The first-order valence-electron chi connectivity index (χ1n) is 4.40. The molecule has 1 aromatic carbocycles. The molecule has 3 nitrogen and oxygen atoms in total. The summed E-state index contributed by atoms with van der Waals surface area (Å²) in [4.78, 5) is 15.8. The Morgan fingerprint density at radius 3 is 2.53 bits per heavy atom. The van der Waals surface area contributed by atoms with E-state index < -0.39 is 5.97 Å². The fourth-order valence-electron chi connectivity index (χ4n) is 1.25. The number of carbonyl (C=O) groups is 1. The minimum absolute atomic E-state index is 0.393. The summed E-state index contributed by atoms with van der Waals surface area (Å²) in [5, 5.41) is 3.60. The standard InChI is InChI=1S/C11H8BrNO2/c1-7-10(11(14)15-13-7)6-8-2-4-9(12)5-3-8/h2-6H,1H3/b10-6-. The Balaban J connectivity index is 2.34. The van der Waals surface area contributed by atoms with Crippen LogP contribution in [0.15, 0.2) is 39.5 Å². The Hall–Kier alpha value is -1.42. The molecule has 76 valence electrons. The molecule has 0 bridgehead atoms. The van der Waals surface area contributed by atoms with Crippen LogP contribution in [0.5, 0.6) is 0 Å². The molecule has 0 atom stereocenters. The van der Waals surface area contributed by atoms with E-state index in [2.05, 4.69) is 25.9 Å². The van der Waals surface area contributed by atoms with Crippen LogP contribution in [0.2, 0.25) is 0 Å². The van der Waals surface area contributed by atoms with E-state index in [1.165, 1.54) is 0 Å². The number of hydrogen-bond donors (Lipinski definition) is 0. The van der Waals surface area contributed by atoms with Gasteiger partial charge in [0.05, 0.1) is 11.3 Å². The number of benzene rings is 1. The zero-order valence-electron chi connectivity index (χ0n) is 8.03. The van der Waals surface area contributed by atoms with Gasteiger partial charge in [-0.15, -0.1) is 0 Å². The molecule has 1 aliphatic rings. The molecule has 1 heterocycles. The van der Waals surface area contributed by atoms with Crippen molar-refractivity contribution < 1.29 is 9.63 Å². The van der Waals surface area contributed by atoms with Crippen LogP contribution in [0, 0.1) is 0 Å². The highest BCUT2D eigenvalue weighted by Gasteiger charge is 2.21. The molecule has 15 heavy (non-hydrogen) atoms. The summed E-state index contributed by atoms with van der Waals surface area (Å²) < 4.78 is 1.00. The second-order valence-corrected chi connectivity index (χ2v) is 4.08. The van der Waals surface area contributed by atoms with Crippen molar-refractivity contribution in [3.05, 3.63) is 39.9 Å².